The van der Waals surface area contributed by atoms with E-state index in [1.165, 1.54) is 0 Å². The zero-order valence-corrected chi connectivity index (χ0v) is 12.8. The third-order valence-corrected chi connectivity index (χ3v) is 1.27. The Hall–Kier alpha value is -1.69. The van der Waals surface area contributed by atoms with Crippen LogP contribution in [0.3, 0.4) is 0 Å². The first-order valence-corrected chi connectivity index (χ1v) is 4.55. The van der Waals surface area contributed by atoms with Crippen LogP contribution in [0.2, 0.25) is 0 Å². The second-order valence-corrected chi connectivity index (χ2v) is 3.18. The van der Waals surface area contributed by atoms with Gasteiger partial charge in [0.15, 0.2) is 11.6 Å². The summed E-state index contributed by atoms with van der Waals surface area (Å²) in [6.45, 7) is 2.28. The average molecular weight is 319 g/mol. The summed E-state index contributed by atoms with van der Waals surface area (Å²) in [5, 5.41) is 19.2. The minimum atomic E-state index is -1.80. The smallest absolute Gasteiger partial charge is 0.542 e. The summed E-state index contributed by atoms with van der Waals surface area (Å²) < 4.78 is 0. The first kappa shape index (κ1) is 31.6. The van der Waals surface area contributed by atoms with Gasteiger partial charge in [-0.15, -0.1) is 0 Å². The van der Waals surface area contributed by atoms with E-state index in [9.17, 15) is 39.0 Å². The molecule has 21 heavy (non-hydrogen) atoms. The molecule has 0 rings (SSSR count). The number of rotatable bonds is 6. The van der Waals surface area contributed by atoms with E-state index >= 15 is 0 Å². The van der Waals surface area contributed by atoms with Gasteiger partial charge in [0, 0.05) is 0 Å². The number of carbonyl (C=O) groups excluding carboxylic acids is 6. The molecule has 0 atom stereocenters. The minimum Gasteiger partial charge on any atom is -0.542 e. The molecular formula is C10H14MgO10. The Labute approximate surface area is 135 Å². The molecular weight excluding hydrogens is 304 g/mol. The predicted molar refractivity (Wildman–Crippen MR) is 63.6 cm³/mol. The van der Waals surface area contributed by atoms with Gasteiger partial charge in [-0.25, -0.2) is 0 Å². The summed E-state index contributed by atoms with van der Waals surface area (Å²) in [5.41, 5.74) is 0. The van der Waals surface area contributed by atoms with Crippen LogP contribution in [-0.4, -0.2) is 69.1 Å². The summed E-state index contributed by atoms with van der Waals surface area (Å²) in [7, 11) is 0. The molecule has 0 heterocycles. The molecule has 0 bridgehead atoms. The molecule has 0 saturated heterocycles. The van der Waals surface area contributed by atoms with Crippen LogP contribution < -0.4 is 10.2 Å². The fraction of sp³-hybridized carbons (Fsp3) is 0.400. The number of ketones is 4. The third kappa shape index (κ3) is 23.8. The van der Waals surface area contributed by atoms with Crippen molar-refractivity contribution in [3.63, 3.8) is 0 Å². The molecule has 11 heteroatoms. The van der Waals surface area contributed by atoms with Gasteiger partial charge in [0.25, 0.3) is 0 Å². The second-order valence-electron chi connectivity index (χ2n) is 3.18. The molecule has 0 radical (unpaired) electrons. The number of carboxylic acids is 2. The molecule has 0 aliphatic heterocycles. The van der Waals surface area contributed by atoms with Crippen LogP contribution in [0.5, 0.6) is 0 Å². The Kier molecular flexibility index (Phi) is 24.6. The molecule has 0 fully saturated rings. The van der Waals surface area contributed by atoms with Crippen LogP contribution >= 0.6 is 0 Å². The van der Waals surface area contributed by atoms with Gasteiger partial charge in [-0.1, -0.05) is 0 Å². The summed E-state index contributed by atoms with van der Waals surface area (Å²) in [5.74, 6) is -6.87. The van der Waals surface area contributed by atoms with Crippen LogP contribution in [0.15, 0.2) is 0 Å². The Morgan fingerprint density at radius 2 is 0.857 bits per heavy atom. The summed E-state index contributed by atoms with van der Waals surface area (Å²) >= 11 is 0. The zero-order valence-electron chi connectivity index (χ0n) is 11.4. The van der Waals surface area contributed by atoms with Crippen LogP contribution in [0.1, 0.15) is 26.7 Å². The molecule has 0 amide bonds. The predicted octanol–water partition coefficient (Wildman–Crippen LogP) is -5.46. The number of Topliss-reactive ketones (excluding diaryl/α,β-unsaturated/α-hetero) is 4. The number of hydrogen-bond donors (Lipinski definition) is 0. The Morgan fingerprint density at radius 3 is 0.905 bits per heavy atom. The van der Waals surface area contributed by atoms with E-state index in [0.29, 0.717) is 0 Å². The van der Waals surface area contributed by atoms with E-state index in [1.54, 1.807) is 0 Å². The molecule has 0 spiro atoms. The second kappa shape index (κ2) is 16.4. The van der Waals surface area contributed by atoms with Gasteiger partial charge in [-0.05, 0) is 13.8 Å². The van der Waals surface area contributed by atoms with E-state index < -0.39 is 47.9 Å². The van der Waals surface area contributed by atoms with Crippen molar-refractivity contribution in [2.75, 3.05) is 0 Å². The van der Waals surface area contributed by atoms with Crippen molar-refractivity contribution >= 4 is 58.1 Å². The molecule has 0 aliphatic rings. The van der Waals surface area contributed by atoms with E-state index in [2.05, 4.69) is 0 Å². The van der Waals surface area contributed by atoms with Gasteiger partial charge in [0.1, 0.15) is 23.5 Å². The van der Waals surface area contributed by atoms with Gasteiger partial charge in [-0.2, -0.15) is 0 Å². The third-order valence-electron chi connectivity index (χ3n) is 1.27. The monoisotopic (exact) mass is 318 g/mol. The number of hydrogen-bond acceptors (Lipinski definition) is 8. The minimum absolute atomic E-state index is 0. The van der Waals surface area contributed by atoms with Crippen molar-refractivity contribution in [1.82, 2.24) is 0 Å². The normalized spacial score (nSPS) is 7.33. The molecule has 0 aromatic rings. The largest absolute Gasteiger partial charge is 2.00 e. The average Bonchev–Trinajstić information content (AvgIpc) is 2.16. The van der Waals surface area contributed by atoms with Crippen molar-refractivity contribution in [2.24, 2.45) is 0 Å². The maximum absolute atomic E-state index is 10.1. The van der Waals surface area contributed by atoms with E-state index in [0.717, 1.165) is 13.8 Å². The van der Waals surface area contributed by atoms with Crippen molar-refractivity contribution < 1.29 is 49.9 Å². The fourth-order valence-corrected chi connectivity index (χ4v) is 0.597. The maximum atomic E-state index is 10.1. The fourth-order valence-electron chi connectivity index (χ4n) is 0.597. The molecule has 0 unspecified atom stereocenters. The van der Waals surface area contributed by atoms with Crippen LogP contribution in [0.4, 0.5) is 0 Å². The van der Waals surface area contributed by atoms with E-state index in [4.69, 9.17) is 0 Å². The molecule has 0 saturated carbocycles. The van der Waals surface area contributed by atoms with E-state index in [-0.39, 0.29) is 34.0 Å². The molecule has 10 nitrogen and oxygen atoms in total. The number of carbonyl (C=O) groups is 6. The number of aliphatic carboxylic acids is 2. The SMILES string of the molecule is CC(=O)CC(=O)C(=O)[O-].CC(=O)CC(=O)C(=O)[O-].O.O.[Mg+2]. The Bertz CT molecular complexity index is 363. The van der Waals surface area contributed by atoms with Crippen LogP contribution in [0, 0.1) is 0 Å². The van der Waals surface area contributed by atoms with Crippen molar-refractivity contribution in [1.29, 1.82) is 0 Å². The van der Waals surface area contributed by atoms with Gasteiger partial charge < -0.3 is 30.8 Å². The van der Waals surface area contributed by atoms with Gasteiger partial charge >= 0.3 is 23.1 Å². The van der Waals surface area contributed by atoms with Crippen molar-refractivity contribution in [3.05, 3.63) is 0 Å². The topological polar surface area (TPSA) is 212 Å². The molecule has 0 aromatic heterocycles. The molecule has 0 aliphatic carbocycles. The Balaban J connectivity index is -0.0000000711. The van der Waals surface area contributed by atoms with Gasteiger partial charge in [0.2, 0.25) is 0 Å². The van der Waals surface area contributed by atoms with Crippen molar-refractivity contribution in [2.45, 2.75) is 26.7 Å². The molecule has 0 aromatic carbocycles. The first-order chi connectivity index (χ1) is 8.07. The summed E-state index contributed by atoms with van der Waals surface area (Å²) in [4.78, 5) is 59.5. The van der Waals surface area contributed by atoms with Crippen LogP contribution in [0.25, 0.3) is 0 Å². The Morgan fingerprint density at radius 1 is 0.667 bits per heavy atom. The maximum Gasteiger partial charge on any atom is 2.00 e. The van der Waals surface area contributed by atoms with Crippen LogP contribution in [-0.2, 0) is 28.8 Å². The van der Waals surface area contributed by atoms with E-state index in [1.807, 2.05) is 0 Å². The zero-order chi connectivity index (χ0) is 14.9. The molecule has 4 N–H and O–H groups in total. The van der Waals surface area contributed by atoms with Crippen molar-refractivity contribution in [3.8, 4) is 0 Å². The molecule has 116 valence electrons. The number of carboxylic acid groups (broad SMARTS) is 2. The summed E-state index contributed by atoms with van der Waals surface area (Å²) in [6, 6.07) is 0. The first-order valence-electron chi connectivity index (χ1n) is 4.55. The van der Waals surface area contributed by atoms with Gasteiger partial charge in [0.05, 0.1) is 12.8 Å². The standard InChI is InChI=1S/2C5H6O4.Mg.2H2O/c2*1-3(6)2-4(7)5(8)9;;;/h2*2H2,1H3,(H,8,9);;2*1H2/q;;+2;;/p-2. The summed E-state index contributed by atoms with van der Waals surface area (Å²) in [6.07, 6.45) is -1.13. The van der Waals surface area contributed by atoms with Gasteiger partial charge in [-0.3, -0.25) is 19.2 Å². The quantitative estimate of drug-likeness (QED) is 0.261.